The molecule has 1 atom stereocenters. The molecule has 0 bridgehead atoms. The summed E-state index contributed by atoms with van der Waals surface area (Å²) in [5, 5.41) is 9.62. The van der Waals surface area contributed by atoms with Gasteiger partial charge < -0.3 is 9.90 Å². The van der Waals surface area contributed by atoms with Gasteiger partial charge in [0.25, 0.3) is 0 Å². The maximum atomic E-state index is 10.4. The number of aliphatic carboxylic acids is 1. The minimum atomic E-state index is -1.13. The average Bonchev–Trinajstić information content (AvgIpc) is 2.47. The monoisotopic (exact) mass is 356 g/mol. The van der Waals surface area contributed by atoms with Crippen molar-refractivity contribution in [2.75, 3.05) is 0 Å². The Hall–Kier alpha value is 1.40. The summed E-state index contributed by atoms with van der Waals surface area (Å²) in [6.07, 6.45) is 18.8. The molecule has 2 nitrogen and oxygen atoms in total. The topological polar surface area (TPSA) is 40.1 Å². The molecule has 4 heteroatoms. The van der Waals surface area contributed by atoms with Gasteiger partial charge in [-0.05, 0) is 6.42 Å². The molecule has 0 aliphatic carbocycles. The first kappa shape index (κ1) is 25.6. The van der Waals surface area contributed by atoms with Gasteiger partial charge in [0.05, 0.1) is 11.3 Å². The van der Waals surface area contributed by atoms with Crippen LogP contribution in [0.15, 0.2) is 0 Å². The Labute approximate surface area is 185 Å². The number of carbonyl (C=O) groups excluding carboxylic acids is 1. The number of alkyl halides is 1. The van der Waals surface area contributed by atoms with Crippen LogP contribution in [0.2, 0.25) is 0 Å². The van der Waals surface area contributed by atoms with Crippen LogP contribution in [-0.2, 0) is 4.79 Å². The van der Waals surface area contributed by atoms with Crippen molar-refractivity contribution in [2.45, 2.75) is 109 Å². The summed E-state index contributed by atoms with van der Waals surface area (Å²) in [6, 6.07) is 0. The molecule has 126 valence electrons. The molecular formula is C18H34ClKO2. The maximum Gasteiger partial charge on any atom is 1.00 e. The first-order chi connectivity index (χ1) is 10.2. The average molecular weight is 357 g/mol. The second-order valence-corrected chi connectivity index (χ2v) is 6.70. The molecule has 0 saturated heterocycles. The number of halogens is 1. The van der Waals surface area contributed by atoms with Crippen LogP contribution >= 0.6 is 11.6 Å². The fourth-order valence-corrected chi connectivity index (χ4v) is 2.79. The van der Waals surface area contributed by atoms with Gasteiger partial charge in [-0.1, -0.05) is 96.8 Å². The second kappa shape index (κ2) is 20.4. The first-order valence-electron chi connectivity index (χ1n) is 9.03. The van der Waals surface area contributed by atoms with Crippen LogP contribution in [0.5, 0.6) is 0 Å². The molecule has 0 rings (SSSR count). The first-order valence-corrected chi connectivity index (χ1v) is 9.47. The molecule has 0 radical (unpaired) electrons. The number of unbranched alkanes of at least 4 members (excludes halogenated alkanes) is 13. The van der Waals surface area contributed by atoms with E-state index in [0.717, 1.165) is 12.8 Å². The predicted octanol–water partition coefficient (Wildman–Crippen LogP) is 2.22. The van der Waals surface area contributed by atoms with Gasteiger partial charge in [0.1, 0.15) is 0 Å². The quantitative estimate of drug-likeness (QED) is 0.242. The van der Waals surface area contributed by atoms with Crippen LogP contribution in [0.3, 0.4) is 0 Å². The van der Waals surface area contributed by atoms with E-state index in [-0.39, 0.29) is 51.4 Å². The summed E-state index contributed by atoms with van der Waals surface area (Å²) >= 11 is 5.60. The fourth-order valence-electron chi connectivity index (χ4n) is 2.64. The zero-order chi connectivity index (χ0) is 15.8. The smallest absolute Gasteiger partial charge is 0.549 e. The van der Waals surface area contributed by atoms with E-state index in [4.69, 9.17) is 11.6 Å². The summed E-state index contributed by atoms with van der Waals surface area (Å²) in [7, 11) is 0. The number of carboxylic acids is 1. The maximum absolute atomic E-state index is 10.4. The van der Waals surface area contributed by atoms with Crippen molar-refractivity contribution in [3.05, 3.63) is 0 Å². The molecule has 0 N–H and O–H groups in total. The van der Waals surface area contributed by atoms with E-state index < -0.39 is 11.3 Å². The molecule has 1 unspecified atom stereocenters. The Morgan fingerprint density at radius 3 is 1.41 bits per heavy atom. The molecule has 0 saturated carbocycles. The largest absolute Gasteiger partial charge is 1.00 e. The molecular weight excluding hydrogens is 323 g/mol. The van der Waals surface area contributed by atoms with Crippen molar-refractivity contribution in [3.8, 4) is 0 Å². The summed E-state index contributed by atoms with van der Waals surface area (Å²) in [5.41, 5.74) is 0. The molecule has 0 heterocycles. The van der Waals surface area contributed by atoms with Crippen LogP contribution in [0.1, 0.15) is 103 Å². The van der Waals surface area contributed by atoms with Crippen molar-refractivity contribution in [1.29, 1.82) is 0 Å². The summed E-state index contributed by atoms with van der Waals surface area (Å²) in [4.78, 5) is 10.4. The Morgan fingerprint density at radius 2 is 1.09 bits per heavy atom. The van der Waals surface area contributed by atoms with E-state index in [1.807, 2.05) is 0 Å². The third-order valence-corrected chi connectivity index (χ3v) is 4.46. The van der Waals surface area contributed by atoms with Crippen molar-refractivity contribution in [2.24, 2.45) is 0 Å². The molecule has 0 fully saturated rings. The molecule has 0 spiro atoms. The van der Waals surface area contributed by atoms with E-state index >= 15 is 0 Å². The third kappa shape index (κ3) is 19.4. The van der Waals surface area contributed by atoms with Gasteiger partial charge in [-0.2, -0.15) is 0 Å². The molecule has 0 aromatic heterocycles. The van der Waals surface area contributed by atoms with Crippen LogP contribution in [0, 0.1) is 0 Å². The standard InChI is InChI=1S/C18H35ClO2.K/c1-2-3-4-5-6-7-8-9-10-11-12-13-14-15-16-17(19)18(20)21;/h17H,2-16H2,1H3,(H,20,21);/q;+1/p-1. The van der Waals surface area contributed by atoms with Gasteiger partial charge in [-0.3, -0.25) is 0 Å². The molecule has 0 aliphatic rings. The Kier molecular flexibility index (Phi) is 23.8. The predicted molar refractivity (Wildman–Crippen MR) is 89.6 cm³/mol. The molecule has 0 aromatic carbocycles. The van der Waals surface area contributed by atoms with E-state index in [0.29, 0.717) is 6.42 Å². The van der Waals surface area contributed by atoms with Gasteiger partial charge in [-0.25, -0.2) is 0 Å². The molecule has 0 aliphatic heterocycles. The van der Waals surface area contributed by atoms with Crippen molar-refractivity contribution >= 4 is 17.6 Å². The van der Waals surface area contributed by atoms with Gasteiger partial charge in [0.2, 0.25) is 0 Å². The zero-order valence-electron chi connectivity index (χ0n) is 14.9. The summed E-state index contributed by atoms with van der Waals surface area (Å²) in [6.45, 7) is 2.26. The number of hydrogen-bond acceptors (Lipinski definition) is 2. The molecule has 0 amide bonds. The minimum Gasteiger partial charge on any atom is -0.549 e. The van der Waals surface area contributed by atoms with Gasteiger partial charge in [0.15, 0.2) is 0 Å². The van der Waals surface area contributed by atoms with Gasteiger partial charge >= 0.3 is 51.4 Å². The number of rotatable bonds is 16. The van der Waals surface area contributed by atoms with Crippen LogP contribution < -0.4 is 56.5 Å². The summed E-state index contributed by atoms with van der Waals surface area (Å²) in [5.74, 6) is -1.13. The van der Waals surface area contributed by atoms with Crippen molar-refractivity contribution < 1.29 is 61.3 Å². The Morgan fingerprint density at radius 1 is 0.773 bits per heavy atom. The van der Waals surface area contributed by atoms with Crippen molar-refractivity contribution in [1.82, 2.24) is 0 Å². The van der Waals surface area contributed by atoms with E-state index in [2.05, 4.69) is 6.92 Å². The Bertz CT molecular complexity index is 237. The zero-order valence-corrected chi connectivity index (χ0v) is 18.8. The number of hydrogen-bond donors (Lipinski definition) is 0. The number of carboxylic acid groups (broad SMARTS) is 1. The molecule has 22 heavy (non-hydrogen) atoms. The Balaban J connectivity index is 0. The third-order valence-electron chi connectivity index (χ3n) is 4.07. The second-order valence-electron chi connectivity index (χ2n) is 6.17. The van der Waals surface area contributed by atoms with Gasteiger partial charge in [-0.15, -0.1) is 11.6 Å². The van der Waals surface area contributed by atoms with Crippen LogP contribution in [0.25, 0.3) is 0 Å². The number of carbonyl (C=O) groups is 1. The van der Waals surface area contributed by atoms with Crippen molar-refractivity contribution in [3.63, 3.8) is 0 Å². The van der Waals surface area contributed by atoms with Crippen LogP contribution in [-0.4, -0.2) is 11.3 Å². The molecule has 0 aromatic rings. The minimum absolute atomic E-state index is 0. The fraction of sp³-hybridized carbons (Fsp3) is 0.944. The normalized spacial score (nSPS) is 11.9. The SMILES string of the molecule is CCCCCCCCCCCCCCCCC(Cl)C(=O)[O-].[K+]. The van der Waals surface area contributed by atoms with E-state index in [9.17, 15) is 9.90 Å². The van der Waals surface area contributed by atoms with E-state index in [1.165, 1.54) is 77.0 Å². The van der Waals surface area contributed by atoms with E-state index in [1.54, 1.807) is 0 Å². The van der Waals surface area contributed by atoms with Gasteiger partial charge in [0, 0.05) is 0 Å². The van der Waals surface area contributed by atoms with Crippen LogP contribution in [0.4, 0.5) is 0 Å². The summed E-state index contributed by atoms with van der Waals surface area (Å²) < 4.78 is 0.